The van der Waals surface area contributed by atoms with Gasteiger partial charge in [-0.05, 0) is 58.0 Å². The van der Waals surface area contributed by atoms with E-state index < -0.39 is 23.5 Å². The number of hydrogen-bond acceptors (Lipinski definition) is 5. The third kappa shape index (κ3) is 4.96. The number of rotatable bonds is 3. The Balaban J connectivity index is 1.58. The van der Waals surface area contributed by atoms with E-state index in [0.717, 1.165) is 5.39 Å². The Bertz CT molecular complexity index is 1090. The maximum Gasteiger partial charge on any atom is 0.412 e. The van der Waals surface area contributed by atoms with Crippen LogP contribution in [0.25, 0.3) is 11.0 Å². The topological polar surface area (TPSA) is 110 Å². The molecule has 30 heavy (non-hydrogen) atoms. The van der Waals surface area contributed by atoms with Crippen LogP contribution >= 0.6 is 0 Å². The van der Waals surface area contributed by atoms with Crippen LogP contribution in [0, 0.1) is 6.92 Å². The number of aryl methyl sites for hydroxylation is 1. The van der Waals surface area contributed by atoms with Crippen molar-refractivity contribution in [1.29, 1.82) is 0 Å². The molecule has 0 aliphatic carbocycles. The van der Waals surface area contributed by atoms with E-state index in [1.165, 1.54) is 12.1 Å². The van der Waals surface area contributed by atoms with Crippen molar-refractivity contribution >= 4 is 34.6 Å². The monoisotopic (exact) mass is 409 g/mol. The molecule has 0 spiro atoms. The van der Waals surface area contributed by atoms with Crippen molar-refractivity contribution in [3.63, 3.8) is 0 Å². The number of carbonyl (C=O) groups is 3. The summed E-state index contributed by atoms with van der Waals surface area (Å²) in [6, 6.07) is 13.4. The molecule has 0 bridgehead atoms. The van der Waals surface area contributed by atoms with E-state index in [2.05, 4.69) is 16.2 Å². The molecule has 8 heteroatoms. The lowest BCUT2D eigenvalue weighted by Crippen LogP contribution is -2.41. The second-order valence-electron chi connectivity index (χ2n) is 7.66. The molecule has 8 nitrogen and oxygen atoms in total. The molecular weight excluding hydrogens is 386 g/mol. The van der Waals surface area contributed by atoms with Crippen molar-refractivity contribution in [1.82, 2.24) is 10.9 Å². The Morgan fingerprint density at radius 2 is 1.53 bits per heavy atom. The van der Waals surface area contributed by atoms with Crippen molar-refractivity contribution in [2.45, 2.75) is 33.3 Å². The molecule has 0 unspecified atom stereocenters. The van der Waals surface area contributed by atoms with Crippen LogP contribution in [0.5, 0.6) is 0 Å². The zero-order chi connectivity index (χ0) is 21.9. The molecule has 3 N–H and O–H groups in total. The first kappa shape index (κ1) is 20.9. The van der Waals surface area contributed by atoms with Crippen LogP contribution in [0.4, 0.5) is 10.5 Å². The van der Waals surface area contributed by atoms with Crippen molar-refractivity contribution in [2.24, 2.45) is 0 Å². The molecule has 0 aliphatic heterocycles. The second-order valence-corrected chi connectivity index (χ2v) is 7.66. The number of hydrazine groups is 1. The van der Waals surface area contributed by atoms with E-state index in [1.54, 1.807) is 45.9 Å². The van der Waals surface area contributed by atoms with Crippen LogP contribution in [-0.2, 0) is 4.74 Å². The quantitative estimate of drug-likeness (QED) is 0.563. The van der Waals surface area contributed by atoms with Gasteiger partial charge in [-0.2, -0.15) is 0 Å². The number of furan rings is 1. The minimum Gasteiger partial charge on any atom is -0.451 e. The highest BCUT2D eigenvalue weighted by Crippen LogP contribution is 2.24. The number of ether oxygens (including phenoxy) is 1. The number of benzene rings is 2. The predicted octanol–water partition coefficient (Wildman–Crippen LogP) is 4.16. The molecule has 0 saturated carbocycles. The first-order valence-corrected chi connectivity index (χ1v) is 9.33. The molecule has 1 aromatic heterocycles. The number of anilines is 1. The van der Waals surface area contributed by atoms with E-state index in [4.69, 9.17) is 9.15 Å². The zero-order valence-electron chi connectivity index (χ0n) is 17.2. The third-order valence-corrected chi connectivity index (χ3v) is 4.13. The van der Waals surface area contributed by atoms with Gasteiger partial charge in [-0.1, -0.05) is 18.2 Å². The molecule has 3 aromatic rings. The van der Waals surface area contributed by atoms with E-state index in [9.17, 15) is 14.4 Å². The highest BCUT2D eigenvalue weighted by molar-refractivity contribution is 6.01. The molecule has 0 radical (unpaired) electrons. The SMILES string of the molecule is Cc1c(C(=O)NNC(=O)c2ccc(NC(=O)OC(C)(C)C)cc2)oc2ccccc12. The number of hydrogen-bond donors (Lipinski definition) is 3. The Labute approximate surface area is 173 Å². The summed E-state index contributed by atoms with van der Waals surface area (Å²) >= 11 is 0. The zero-order valence-corrected chi connectivity index (χ0v) is 17.2. The van der Waals surface area contributed by atoms with Gasteiger partial charge in [-0.3, -0.25) is 25.8 Å². The van der Waals surface area contributed by atoms with Gasteiger partial charge in [0.25, 0.3) is 5.91 Å². The Kier molecular flexibility index (Phi) is 5.77. The van der Waals surface area contributed by atoms with Gasteiger partial charge in [0.05, 0.1) is 0 Å². The Morgan fingerprint density at radius 1 is 0.900 bits per heavy atom. The molecule has 0 atom stereocenters. The van der Waals surface area contributed by atoms with Gasteiger partial charge >= 0.3 is 12.0 Å². The molecule has 2 aromatic carbocycles. The lowest BCUT2D eigenvalue weighted by molar-refractivity contribution is 0.0635. The van der Waals surface area contributed by atoms with E-state index in [-0.39, 0.29) is 5.76 Å². The lowest BCUT2D eigenvalue weighted by Gasteiger charge is -2.19. The van der Waals surface area contributed by atoms with Crippen LogP contribution in [0.2, 0.25) is 0 Å². The standard InChI is InChI=1S/C22H23N3O5/c1-13-16-7-5-6-8-17(16)29-18(13)20(27)25-24-19(26)14-9-11-15(12-10-14)23-21(28)30-22(2,3)4/h5-12H,1-4H3,(H,23,28)(H,24,26)(H,25,27). The minimum atomic E-state index is -0.611. The van der Waals surface area contributed by atoms with Crippen LogP contribution < -0.4 is 16.2 Å². The van der Waals surface area contributed by atoms with Gasteiger partial charge in [0, 0.05) is 22.2 Å². The molecule has 156 valence electrons. The van der Waals surface area contributed by atoms with Gasteiger partial charge in [0.1, 0.15) is 11.2 Å². The maximum absolute atomic E-state index is 12.4. The van der Waals surface area contributed by atoms with Crippen LogP contribution in [0.15, 0.2) is 52.9 Å². The maximum atomic E-state index is 12.4. The third-order valence-electron chi connectivity index (χ3n) is 4.13. The first-order chi connectivity index (χ1) is 14.1. The first-order valence-electron chi connectivity index (χ1n) is 9.33. The molecule has 0 fully saturated rings. The summed E-state index contributed by atoms with van der Waals surface area (Å²) < 4.78 is 10.7. The molecule has 1 heterocycles. The number of fused-ring (bicyclic) bond motifs is 1. The van der Waals surface area contributed by atoms with Crippen molar-refractivity contribution in [2.75, 3.05) is 5.32 Å². The lowest BCUT2D eigenvalue weighted by atomic mass is 10.1. The van der Waals surface area contributed by atoms with Crippen molar-refractivity contribution in [3.05, 3.63) is 65.4 Å². The van der Waals surface area contributed by atoms with Crippen molar-refractivity contribution in [3.8, 4) is 0 Å². The fourth-order valence-corrected chi connectivity index (χ4v) is 2.76. The summed E-state index contributed by atoms with van der Waals surface area (Å²) in [6.07, 6.45) is -0.590. The number of para-hydroxylation sites is 1. The molecular formula is C22H23N3O5. The fraction of sp³-hybridized carbons (Fsp3) is 0.227. The molecule has 3 amide bonds. The smallest absolute Gasteiger partial charge is 0.412 e. The molecule has 0 saturated heterocycles. The molecule has 0 aliphatic rings. The van der Waals surface area contributed by atoms with E-state index in [1.807, 2.05) is 18.2 Å². The normalized spacial score (nSPS) is 11.1. The number of nitrogens with one attached hydrogen (secondary N) is 3. The summed E-state index contributed by atoms with van der Waals surface area (Å²) in [5, 5.41) is 3.42. The van der Waals surface area contributed by atoms with Crippen molar-refractivity contribution < 1.29 is 23.5 Å². The van der Waals surface area contributed by atoms with Gasteiger partial charge in [-0.15, -0.1) is 0 Å². The summed E-state index contributed by atoms with van der Waals surface area (Å²) in [5.74, 6) is -0.936. The second kappa shape index (κ2) is 8.28. The van der Waals surface area contributed by atoms with E-state index >= 15 is 0 Å². The minimum absolute atomic E-state index is 0.133. The summed E-state index contributed by atoms with van der Waals surface area (Å²) in [4.78, 5) is 36.5. The van der Waals surface area contributed by atoms with Gasteiger partial charge < -0.3 is 9.15 Å². The van der Waals surface area contributed by atoms with Crippen LogP contribution in [0.1, 0.15) is 47.2 Å². The van der Waals surface area contributed by atoms with Crippen LogP contribution in [-0.4, -0.2) is 23.5 Å². The fourth-order valence-electron chi connectivity index (χ4n) is 2.76. The van der Waals surface area contributed by atoms with Gasteiger partial charge in [-0.25, -0.2) is 4.79 Å². The van der Waals surface area contributed by atoms with Crippen LogP contribution in [0.3, 0.4) is 0 Å². The highest BCUT2D eigenvalue weighted by atomic mass is 16.6. The number of amides is 3. The van der Waals surface area contributed by atoms with Gasteiger partial charge in [0.15, 0.2) is 5.76 Å². The Morgan fingerprint density at radius 3 is 2.17 bits per heavy atom. The molecule has 3 rings (SSSR count). The summed E-state index contributed by atoms with van der Waals surface area (Å²) in [7, 11) is 0. The Hall–Kier alpha value is -3.81. The highest BCUT2D eigenvalue weighted by Gasteiger charge is 2.19. The average molecular weight is 409 g/mol. The summed E-state index contributed by atoms with van der Waals surface area (Å²) in [6.45, 7) is 7.07. The number of carbonyl (C=O) groups excluding carboxylic acids is 3. The summed E-state index contributed by atoms with van der Waals surface area (Å²) in [5.41, 5.74) is 6.15. The van der Waals surface area contributed by atoms with Gasteiger partial charge in [0.2, 0.25) is 0 Å². The largest absolute Gasteiger partial charge is 0.451 e. The van der Waals surface area contributed by atoms with E-state index in [0.29, 0.717) is 22.4 Å². The predicted molar refractivity (Wildman–Crippen MR) is 112 cm³/mol. The average Bonchev–Trinajstić information content (AvgIpc) is 3.02.